The quantitative estimate of drug-likeness (QED) is 0.865. The highest BCUT2D eigenvalue weighted by Crippen LogP contribution is 2.32. The number of piperidine rings is 1. The fourth-order valence-corrected chi connectivity index (χ4v) is 4.45. The van der Waals surface area contributed by atoms with Crippen LogP contribution in [-0.4, -0.2) is 30.1 Å². The molecule has 0 spiro atoms. The summed E-state index contributed by atoms with van der Waals surface area (Å²) in [6, 6.07) is 7.50. The zero-order valence-electron chi connectivity index (χ0n) is 12.6. The van der Waals surface area contributed by atoms with E-state index < -0.39 is 0 Å². The highest BCUT2D eigenvalue weighted by Gasteiger charge is 2.36. The van der Waals surface area contributed by atoms with Gasteiger partial charge in [0.25, 0.3) is 0 Å². The fraction of sp³-hybridized carbons (Fsp3) is 0.647. The zero-order valence-corrected chi connectivity index (χ0v) is 14.1. The van der Waals surface area contributed by atoms with Crippen molar-refractivity contribution in [3.63, 3.8) is 0 Å². The Morgan fingerprint density at radius 1 is 1.24 bits per heavy atom. The van der Waals surface area contributed by atoms with Crippen LogP contribution in [0, 0.1) is 0 Å². The number of benzene rings is 1. The summed E-state index contributed by atoms with van der Waals surface area (Å²) in [7, 11) is 0. The van der Waals surface area contributed by atoms with Gasteiger partial charge in [0.05, 0.1) is 0 Å². The standard InChI is InChI=1S/C17H24Cl2N2/c1-2-15(13-7-6-12(18)11-14(13)19)20-16-8-10-21-9-4-3-5-17(16)21/h6-7,11,15-17,20H,2-5,8-10H2,1H3. The molecule has 3 rings (SSSR count). The molecular weight excluding hydrogens is 303 g/mol. The average Bonchev–Trinajstić information content (AvgIpc) is 2.89. The molecule has 0 saturated carbocycles. The predicted molar refractivity (Wildman–Crippen MR) is 90.2 cm³/mol. The van der Waals surface area contributed by atoms with Crippen LogP contribution in [0.5, 0.6) is 0 Å². The van der Waals surface area contributed by atoms with Gasteiger partial charge in [-0.3, -0.25) is 4.90 Å². The number of hydrogen-bond acceptors (Lipinski definition) is 2. The lowest BCUT2D eigenvalue weighted by molar-refractivity contribution is 0.176. The number of rotatable bonds is 4. The molecule has 1 aromatic rings. The Morgan fingerprint density at radius 2 is 2.10 bits per heavy atom. The van der Waals surface area contributed by atoms with Crippen LogP contribution in [-0.2, 0) is 0 Å². The van der Waals surface area contributed by atoms with Crippen molar-refractivity contribution in [2.75, 3.05) is 13.1 Å². The third kappa shape index (κ3) is 3.39. The van der Waals surface area contributed by atoms with Gasteiger partial charge in [0.1, 0.15) is 0 Å². The fourth-order valence-electron chi connectivity index (χ4n) is 3.91. The molecule has 21 heavy (non-hydrogen) atoms. The third-order valence-electron chi connectivity index (χ3n) is 5.02. The summed E-state index contributed by atoms with van der Waals surface area (Å²) < 4.78 is 0. The normalized spacial score (nSPS) is 27.6. The highest BCUT2D eigenvalue weighted by atomic mass is 35.5. The molecule has 0 radical (unpaired) electrons. The molecule has 116 valence electrons. The van der Waals surface area contributed by atoms with E-state index >= 15 is 0 Å². The van der Waals surface area contributed by atoms with E-state index in [0.717, 1.165) is 17.5 Å². The third-order valence-corrected chi connectivity index (χ3v) is 5.58. The molecule has 1 N–H and O–H groups in total. The first-order valence-corrected chi connectivity index (χ1v) is 8.89. The first-order valence-electron chi connectivity index (χ1n) is 8.14. The molecule has 2 aliphatic heterocycles. The van der Waals surface area contributed by atoms with E-state index in [0.29, 0.717) is 17.1 Å². The average molecular weight is 327 g/mol. The van der Waals surface area contributed by atoms with E-state index in [-0.39, 0.29) is 0 Å². The van der Waals surface area contributed by atoms with Crippen LogP contribution < -0.4 is 5.32 Å². The topological polar surface area (TPSA) is 15.3 Å². The van der Waals surface area contributed by atoms with Gasteiger partial charge in [-0.05, 0) is 49.9 Å². The zero-order chi connectivity index (χ0) is 14.8. The summed E-state index contributed by atoms with van der Waals surface area (Å²) >= 11 is 12.4. The van der Waals surface area contributed by atoms with Gasteiger partial charge in [-0.15, -0.1) is 0 Å². The predicted octanol–water partition coefficient (Wildman–Crippen LogP) is 4.66. The lowest BCUT2D eigenvalue weighted by Crippen LogP contribution is -2.45. The first-order chi connectivity index (χ1) is 10.2. The van der Waals surface area contributed by atoms with Crippen molar-refractivity contribution in [2.45, 2.75) is 57.2 Å². The summed E-state index contributed by atoms with van der Waals surface area (Å²) in [6.45, 7) is 4.74. The lowest BCUT2D eigenvalue weighted by atomic mass is 9.96. The second kappa shape index (κ2) is 6.87. The summed E-state index contributed by atoms with van der Waals surface area (Å²) in [5.41, 5.74) is 1.18. The maximum atomic E-state index is 6.39. The lowest BCUT2D eigenvalue weighted by Gasteiger charge is -2.34. The molecule has 0 amide bonds. The van der Waals surface area contributed by atoms with Gasteiger partial charge in [0.2, 0.25) is 0 Å². The van der Waals surface area contributed by atoms with Gasteiger partial charge in [-0.25, -0.2) is 0 Å². The van der Waals surface area contributed by atoms with E-state index in [4.69, 9.17) is 23.2 Å². The van der Waals surface area contributed by atoms with Crippen molar-refractivity contribution in [1.29, 1.82) is 0 Å². The second-order valence-electron chi connectivity index (χ2n) is 6.29. The summed E-state index contributed by atoms with van der Waals surface area (Å²) in [4.78, 5) is 2.66. The summed E-state index contributed by atoms with van der Waals surface area (Å²) in [5.74, 6) is 0. The monoisotopic (exact) mass is 326 g/mol. The molecule has 2 aliphatic rings. The van der Waals surface area contributed by atoms with Crippen LogP contribution in [0.3, 0.4) is 0 Å². The summed E-state index contributed by atoms with van der Waals surface area (Å²) in [6.07, 6.45) is 6.38. The van der Waals surface area contributed by atoms with Crippen molar-refractivity contribution in [2.24, 2.45) is 0 Å². The highest BCUT2D eigenvalue weighted by molar-refractivity contribution is 6.35. The molecule has 0 bridgehead atoms. The van der Waals surface area contributed by atoms with Crippen LogP contribution >= 0.6 is 23.2 Å². The number of hydrogen-bond donors (Lipinski definition) is 1. The van der Waals surface area contributed by atoms with Crippen molar-refractivity contribution in [3.05, 3.63) is 33.8 Å². The van der Waals surface area contributed by atoms with Crippen LogP contribution in [0.2, 0.25) is 10.0 Å². The van der Waals surface area contributed by atoms with Gasteiger partial charge in [0, 0.05) is 34.7 Å². The van der Waals surface area contributed by atoms with Crippen LogP contribution in [0.1, 0.15) is 50.6 Å². The van der Waals surface area contributed by atoms with Gasteiger partial charge >= 0.3 is 0 Å². The minimum Gasteiger partial charge on any atom is -0.306 e. The molecule has 1 aromatic carbocycles. The van der Waals surface area contributed by atoms with Crippen molar-refractivity contribution in [3.8, 4) is 0 Å². The van der Waals surface area contributed by atoms with Gasteiger partial charge in [-0.2, -0.15) is 0 Å². The molecule has 2 fully saturated rings. The minimum absolute atomic E-state index is 0.321. The van der Waals surface area contributed by atoms with Crippen LogP contribution in [0.15, 0.2) is 18.2 Å². The van der Waals surface area contributed by atoms with Gasteiger partial charge < -0.3 is 5.32 Å². The molecule has 3 unspecified atom stereocenters. The number of nitrogens with one attached hydrogen (secondary N) is 1. The second-order valence-corrected chi connectivity index (χ2v) is 7.13. The number of halogens is 2. The van der Waals surface area contributed by atoms with E-state index in [9.17, 15) is 0 Å². The molecule has 2 heterocycles. The Kier molecular flexibility index (Phi) is 5.11. The molecule has 3 atom stereocenters. The van der Waals surface area contributed by atoms with Crippen molar-refractivity contribution in [1.82, 2.24) is 10.2 Å². The van der Waals surface area contributed by atoms with E-state index in [1.165, 1.54) is 44.3 Å². The Labute approximate surface area is 137 Å². The van der Waals surface area contributed by atoms with Gasteiger partial charge in [-0.1, -0.05) is 42.6 Å². The van der Waals surface area contributed by atoms with E-state index in [1.54, 1.807) is 0 Å². The van der Waals surface area contributed by atoms with Crippen molar-refractivity contribution >= 4 is 23.2 Å². The van der Waals surface area contributed by atoms with Gasteiger partial charge in [0.15, 0.2) is 0 Å². The molecule has 0 aliphatic carbocycles. The Bertz CT molecular complexity index is 492. The van der Waals surface area contributed by atoms with Crippen molar-refractivity contribution < 1.29 is 0 Å². The van der Waals surface area contributed by atoms with Crippen LogP contribution in [0.25, 0.3) is 0 Å². The Hall–Kier alpha value is -0.280. The SMILES string of the molecule is CCC(NC1CCN2CCCCC12)c1ccc(Cl)cc1Cl. The molecule has 0 aromatic heterocycles. The molecule has 4 heteroatoms. The van der Waals surface area contributed by atoms with E-state index in [2.05, 4.69) is 23.2 Å². The number of fused-ring (bicyclic) bond motifs is 1. The van der Waals surface area contributed by atoms with E-state index in [1.807, 2.05) is 12.1 Å². The number of nitrogens with zero attached hydrogens (tertiary/aromatic N) is 1. The molecule has 2 nitrogen and oxygen atoms in total. The smallest absolute Gasteiger partial charge is 0.0468 e. The largest absolute Gasteiger partial charge is 0.306 e. The molecular formula is C17H24Cl2N2. The van der Waals surface area contributed by atoms with Crippen LogP contribution in [0.4, 0.5) is 0 Å². The summed E-state index contributed by atoms with van der Waals surface area (Å²) in [5, 5.41) is 5.36. The molecule has 2 saturated heterocycles. The Balaban J connectivity index is 1.72. The minimum atomic E-state index is 0.321. The maximum absolute atomic E-state index is 6.39. The Morgan fingerprint density at radius 3 is 2.86 bits per heavy atom. The first kappa shape index (κ1) is 15.6. The maximum Gasteiger partial charge on any atom is 0.0468 e.